The zero-order valence-corrected chi connectivity index (χ0v) is 9.73. The summed E-state index contributed by atoms with van der Waals surface area (Å²) in [6, 6.07) is 2.67. The van der Waals surface area contributed by atoms with Gasteiger partial charge in [0, 0.05) is 7.05 Å². The third-order valence-electron chi connectivity index (χ3n) is 2.11. The predicted molar refractivity (Wildman–Crippen MR) is 59.1 cm³/mol. The first-order chi connectivity index (χ1) is 7.38. The molecule has 1 N–H and O–H groups in total. The number of hydrogen-bond acceptors (Lipinski definition) is 4. The van der Waals surface area contributed by atoms with E-state index in [0.29, 0.717) is 5.69 Å². The van der Waals surface area contributed by atoms with Gasteiger partial charge in [-0.15, -0.1) is 0 Å². The smallest absolute Gasteiger partial charge is 0.354 e. The summed E-state index contributed by atoms with van der Waals surface area (Å²) in [5.41, 5.74) is 0.220. The number of aromatic nitrogens is 1. The monoisotopic (exact) mass is 244 g/mol. The van der Waals surface area contributed by atoms with Crippen molar-refractivity contribution >= 4 is 21.7 Å². The third kappa shape index (κ3) is 2.48. The molecule has 0 aromatic carbocycles. The first-order valence-corrected chi connectivity index (χ1v) is 6.15. The number of pyridine rings is 1. The zero-order valence-electron chi connectivity index (χ0n) is 8.91. The molecule has 0 saturated carbocycles. The van der Waals surface area contributed by atoms with E-state index in [1.54, 1.807) is 0 Å². The second-order valence-corrected chi connectivity index (χ2v) is 5.36. The fourth-order valence-electron chi connectivity index (χ4n) is 1.05. The van der Waals surface area contributed by atoms with Crippen LogP contribution in [-0.4, -0.2) is 37.3 Å². The summed E-state index contributed by atoms with van der Waals surface area (Å²) in [5.74, 6) is -1.17. The van der Waals surface area contributed by atoms with Crippen molar-refractivity contribution in [3.05, 3.63) is 24.0 Å². The fourth-order valence-corrected chi connectivity index (χ4v) is 1.87. The van der Waals surface area contributed by atoms with E-state index in [0.717, 1.165) is 4.31 Å². The molecule has 0 saturated heterocycles. The van der Waals surface area contributed by atoms with Crippen molar-refractivity contribution in [1.82, 2.24) is 4.98 Å². The summed E-state index contributed by atoms with van der Waals surface area (Å²) < 4.78 is 24.1. The van der Waals surface area contributed by atoms with E-state index in [9.17, 15) is 13.2 Å². The van der Waals surface area contributed by atoms with Crippen LogP contribution in [0.3, 0.4) is 0 Å². The Kier molecular flexibility index (Phi) is 3.48. The maximum Gasteiger partial charge on any atom is 0.354 e. The summed E-state index contributed by atoms with van der Waals surface area (Å²) in [5, 5.41) is 8.63. The molecule has 0 radical (unpaired) electrons. The van der Waals surface area contributed by atoms with E-state index in [4.69, 9.17) is 5.11 Å². The van der Waals surface area contributed by atoms with E-state index in [-0.39, 0.29) is 11.4 Å². The first-order valence-electron chi connectivity index (χ1n) is 4.54. The summed E-state index contributed by atoms with van der Waals surface area (Å²) in [7, 11) is -1.94. The molecule has 6 nitrogen and oxygen atoms in total. The molecule has 0 amide bonds. The van der Waals surface area contributed by atoms with Crippen LogP contribution >= 0.6 is 0 Å². The van der Waals surface area contributed by atoms with Crippen LogP contribution in [0.5, 0.6) is 0 Å². The summed E-state index contributed by atoms with van der Waals surface area (Å²) >= 11 is 0. The van der Waals surface area contributed by atoms with Crippen molar-refractivity contribution in [2.45, 2.75) is 6.92 Å². The number of nitrogens with zero attached hydrogens (tertiary/aromatic N) is 2. The van der Waals surface area contributed by atoms with Gasteiger partial charge in [0.25, 0.3) is 0 Å². The normalized spacial score (nSPS) is 11.1. The SMILES string of the molecule is CCS(=O)(=O)N(C)c1ccc(C(=O)O)nc1. The number of carboxylic acid groups (broad SMARTS) is 1. The topological polar surface area (TPSA) is 87.6 Å². The Balaban J connectivity index is 3.03. The van der Waals surface area contributed by atoms with Crippen LogP contribution in [0, 0.1) is 0 Å². The Morgan fingerprint density at radius 2 is 2.12 bits per heavy atom. The second-order valence-electron chi connectivity index (χ2n) is 3.07. The summed E-state index contributed by atoms with van der Waals surface area (Å²) in [4.78, 5) is 14.2. The highest BCUT2D eigenvalue weighted by Gasteiger charge is 2.16. The van der Waals surface area contributed by atoms with Crippen molar-refractivity contribution in [3.63, 3.8) is 0 Å². The van der Waals surface area contributed by atoms with Gasteiger partial charge in [-0.25, -0.2) is 18.2 Å². The molecular formula is C9H12N2O4S. The Bertz CT molecular complexity index is 481. The molecule has 0 aliphatic carbocycles. The van der Waals surface area contributed by atoms with Crippen molar-refractivity contribution in [2.75, 3.05) is 17.1 Å². The fraction of sp³-hybridized carbons (Fsp3) is 0.333. The molecule has 1 aromatic rings. The quantitative estimate of drug-likeness (QED) is 0.836. The van der Waals surface area contributed by atoms with Gasteiger partial charge in [-0.1, -0.05) is 0 Å². The van der Waals surface area contributed by atoms with Gasteiger partial charge in [0.1, 0.15) is 5.69 Å². The van der Waals surface area contributed by atoms with Gasteiger partial charge >= 0.3 is 5.97 Å². The lowest BCUT2D eigenvalue weighted by atomic mass is 10.3. The highest BCUT2D eigenvalue weighted by molar-refractivity contribution is 7.92. The van der Waals surface area contributed by atoms with Crippen molar-refractivity contribution < 1.29 is 18.3 Å². The Morgan fingerprint density at radius 1 is 1.50 bits per heavy atom. The molecule has 0 fully saturated rings. The second kappa shape index (κ2) is 4.48. The van der Waals surface area contributed by atoms with Crippen LogP contribution in [0.1, 0.15) is 17.4 Å². The summed E-state index contributed by atoms with van der Waals surface area (Å²) in [6.45, 7) is 1.53. The molecule has 0 aliphatic rings. The predicted octanol–water partition coefficient (Wildman–Crippen LogP) is 0.566. The van der Waals surface area contributed by atoms with E-state index in [2.05, 4.69) is 4.98 Å². The molecule has 7 heteroatoms. The van der Waals surface area contributed by atoms with E-state index in [1.807, 2.05) is 0 Å². The molecule has 0 bridgehead atoms. The minimum atomic E-state index is -3.34. The number of anilines is 1. The van der Waals surface area contributed by atoms with Crippen LogP contribution in [0.15, 0.2) is 18.3 Å². The van der Waals surface area contributed by atoms with Gasteiger partial charge in [-0.3, -0.25) is 4.31 Å². The molecule has 0 spiro atoms. The standard InChI is InChI=1S/C9H12N2O4S/c1-3-16(14,15)11(2)7-4-5-8(9(12)13)10-6-7/h4-6H,3H2,1-2H3,(H,12,13). The first kappa shape index (κ1) is 12.4. The zero-order chi connectivity index (χ0) is 12.3. The lowest BCUT2D eigenvalue weighted by Gasteiger charge is -2.17. The number of carbonyl (C=O) groups is 1. The number of carboxylic acids is 1. The van der Waals surface area contributed by atoms with Crippen LogP contribution in [-0.2, 0) is 10.0 Å². The van der Waals surface area contributed by atoms with E-state index < -0.39 is 16.0 Å². The van der Waals surface area contributed by atoms with Gasteiger partial charge in [-0.2, -0.15) is 0 Å². The number of hydrogen-bond donors (Lipinski definition) is 1. The van der Waals surface area contributed by atoms with Crippen LogP contribution in [0.25, 0.3) is 0 Å². The van der Waals surface area contributed by atoms with Crippen molar-refractivity contribution in [2.24, 2.45) is 0 Å². The van der Waals surface area contributed by atoms with Crippen molar-refractivity contribution in [3.8, 4) is 0 Å². The minimum Gasteiger partial charge on any atom is -0.477 e. The molecule has 16 heavy (non-hydrogen) atoms. The van der Waals surface area contributed by atoms with E-state index in [1.165, 1.54) is 32.3 Å². The largest absolute Gasteiger partial charge is 0.477 e. The average molecular weight is 244 g/mol. The van der Waals surface area contributed by atoms with Gasteiger partial charge in [-0.05, 0) is 19.1 Å². The maximum atomic E-state index is 11.5. The van der Waals surface area contributed by atoms with E-state index >= 15 is 0 Å². The average Bonchev–Trinajstić information content (AvgIpc) is 2.28. The lowest BCUT2D eigenvalue weighted by Crippen LogP contribution is -2.28. The third-order valence-corrected chi connectivity index (χ3v) is 3.89. The lowest BCUT2D eigenvalue weighted by molar-refractivity contribution is 0.0690. The molecule has 88 valence electrons. The highest BCUT2D eigenvalue weighted by Crippen LogP contribution is 2.15. The molecule has 1 aromatic heterocycles. The van der Waals surface area contributed by atoms with Gasteiger partial charge in [0.05, 0.1) is 17.6 Å². The molecule has 0 atom stereocenters. The molecule has 1 rings (SSSR count). The molecule has 0 unspecified atom stereocenters. The van der Waals surface area contributed by atoms with Crippen LogP contribution in [0.2, 0.25) is 0 Å². The maximum absolute atomic E-state index is 11.5. The van der Waals surface area contributed by atoms with Gasteiger partial charge in [0.2, 0.25) is 10.0 Å². The molecule has 0 aliphatic heterocycles. The number of sulfonamides is 1. The molecule has 1 heterocycles. The Morgan fingerprint density at radius 3 is 2.50 bits per heavy atom. The Labute approximate surface area is 93.6 Å². The molecular weight excluding hydrogens is 232 g/mol. The van der Waals surface area contributed by atoms with Crippen LogP contribution in [0.4, 0.5) is 5.69 Å². The van der Waals surface area contributed by atoms with Crippen LogP contribution < -0.4 is 4.31 Å². The number of rotatable bonds is 4. The highest BCUT2D eigenvalue weighted by atomic mass is 32.2. The summed E-state index contributed by atoms with van der Waals surface area (Å²) in [6.07, 6.45) is 1.22. The van der Waals surface area contributed by atoms with Gasteiger partial charge in [0.15, 0.2) is 0 Å². The number of aromatic carboxylic acids is 1. The minimum absolute atomic E-state index is 0.0236. The van der Waals surface area contributed by atoms with Gasteiger partial charge < -0.3 is 5.11 Å². The van der Waals surface area contributed by atoms with Crippen molar-refractivity contribution in [1.29, 1.82) is 0 Å². The Hall–Kier alpha value is -1.63.